The van der Waals surface area contributed by atoms with E-state index in [2.05, 4.69) is 20.0 Å². The lowest BCUT2D eigenvalue weighted by molar-refractivity contribution is -0.275. The number of aromatic nitrogens is 2. The summed E-state index contributed by atoms with van der Waals surface area (Å²) in [6.45, 7) is 0. The molecule has 0 atom stereocenters. The fourth-order valence-corrected chi connectivity index (χ4v) is 2.97. The van der Waals surface area contributed by atoms with Crippen LogP contribution in [0.4, 0.5) is 23.2 Å². The summed E-state index contributed by atoms with van der Waals surface area (Å²) < 4.78 is 60.9. The van der Waals surface area contributed by atoms with Crippen LogP contribution in [0.15, 0.2) is 65.5 Å². The van der Waals surface area contributed by atoms with Gasteiger partial charge in [0.1, 0.15) is 11.3 Å². The molecule has 3 N–H and O–H groups in total. The molecule has 0 saturated heterocycles. The van der Waals surface area contributed by atoms with E-state index in [0.717, 1.165) is 18.2 Å². The van der Waals surface area contributed by atoms with E-state index in [9.17, 15) is 27.2 Å². The second kappa shape index (κ2) is 8.10. The predicted molar refractivity (Wildman–Crippen MR) is 106 cm³/mol. The summed E-state index contributed by atoms with van der Waals surface area (Å²) >= 11 is 0. The van der Waals surface area contributed by atoms with Crippen LogP contribution in [0.3, 0.4) is 0 Å². The Morgan fingerprint density at radius 3 is 2.44 bits per heavy atom. The van der Waals surface area contributed by atoms with Gasteiger partial charge in [0.25, 0.3) is 5.91 Å². The highest BCUT2D eigenvalue weighted by molar-refractivity contribution is 6.04. The standard InChI is InChI=1S/C21H13F4N3O4/c22-17-13(6-2-8-15(17)32-21(23,24)25)19(29)26-11-4-1-5-12(10-11)31-16-9-3-7-14-18(16)28-20(30)27-14/h1-10H,(H,26,29)(H2,27,28,30). The molecule has 0 bridgehead atoms. The van der Waals surface area contributed by atoms with Crippen LogP contribution < -0.4 is 20.5 Å². The number of amides is 1. The number of H-pyrrole nitrogens is 2. The van der Waals surface area contributed by atoms with E-state index in [4.69, 9.17) is 4.74 Å². The van der Waals surface area contributed by atoms with Gasteiger partial charge in [-0.1, -0.05) is 18.2 Å². The number of rotatable bonds is 5. The van der Waals surface area contributed by atoms with Crippen molar-refractivity contribution in [1.29, 1.82) is 0 Å². The molecule has 1 amide bonds. The van der Waals surface area contributed by atoms with Crippen molar-refractivity contribution < 1.29 is 31.8 Å². The topological polar surface area (TPSA) is 96.2 Å². The molecule has 0 fully saturated rings. The highest BCUT2D eigenvalue weighted by Gasteiger charge is 2.33. The molecule has 0 spiro atoms. The van der Waals surface area contributed by atoms with Gasteiger partial charge in [-0.05, 0) is 36.4 Å². The van der Waals surface area contributed by atoms with Crippen molar-refractivity contribution in [3.8, 4) is 17.2 Å². The van der Waals surface area contributed by atoms with Gasteiger partial charge in [-0.25, -0.2) is 9.18 Å². The Balaban J connectivity index is 1.55. The second-order valence-corrected chi connectivity index (χ2v) is 6.51. The Bertz CT molecular complexity index is 1360. The number of hydrogen-bond acceptors (Lipinski definition) is 4. The first kappa shape index (κ1) is 21.0. The number of carbonyl (C=O) groups is 1. The quantitative estimate of drug-likeness (QED) is 0.378. The van der Waals surface area contributed by atoms with Crippen molar-refractivity contribution in [1.82, 2.24) is 9.97 Å². The monoisotopic (exact) mass is 447 g/mol. The third-order valence-electron chi connectivity index (χ3n) is 4.27. The van der Waals surface area contributed by atoms with Gasteiger partial charge in [-0.15, -0.1) is 13.2 Å². The molecule has 164 valence electrons. The number of imidazole rings is 1. The van der Waals surface area contributed by atoms with Crippen LogP contribution in [0, 0.1) is 5.82 Å². The van der Waals surface area contributed by atoms with Crippen molar-refractivity contribution in [2.24, 2.45) is 0 Å². The number of para-hydroxylation sites is 1. The number of fused-ring (bicyclic) bond motifs is 1. The lowest BCUT2D eigenvalue weighted by atomic mass is 10.1. The number of alkyl halides is 3. The Morgan fingerprint density at radius 2 is 1.66 bits per heavy atom. The van der Waals surface area contributed by atoms with Crippen LogP contribution >= 0.6 is 0 Å². The molecule has 0 radical (unpaired) electrons. The van der Waals surface area contributed by atoms with E-state index in [1.54, 1.807) is 30.3 Å². The van der Waals surface area contributed by atoms with E-state index >= 15 is 0 Å². The van der Waals surface area contributed by atoms with Gasteiger partial charge in [0, 0.05) is 11.8 Å². The molecule has 0 aliphatic carbocycles. The molecular weight excluding hydrogens is 434 g/mol. The minimum atomic E-state index is -5.10. The number of benzene rings is 3. The van der Waals surface area contributed by atoms with Crippen molar-refractivity contribution >= 4 is 22.6 Å². The Labute approximate surface area is 176 Å². The number of nitrogens with one attached hydrogen (secondary N) is 3. The summed E-state index contributed by atoms with van der Waals surface area (Å²) in [5.74, 6) is -2.92. The van der Waals surface area contributed by atoms with Crippen LogP contribution in [0.1, 0.15) is 10.4 Å². The molecule has 3 aromatic carbocycles. The second-order valence-electron chi connectivity index (χ2n) is 6.51. The van der Waals surface area contributed by atoms with Gasteiger partial charge in [0.05, 0.1) is 11.1 Å². The zero-order chi connectivity index (χ0) is 22.9. The molecule has 4 aromatic rings. The SMILES string of the molecule is O=C(Nc1cccc(Oc2cccc3[nH]c(=O)[nH]c23)c1)c1cccc(OC(F)(F)F)c1F. The van der Waals surface area contributed by atoms with Crippen LogP contribution in [-0.2, 0) is 0 Å². The molecule has 4 rings (SSSR count). The summed E-state index contributed by atoms with van der Waals surface area (Å²) in [7, 11) is 0. The third-order valence-corrected chi connectivity index (χ3v) is 4.27. The highest BCUT2D eigenvalue weighted by atomic mass is 19.4. The van der Waals surface area contributed by atoms with Crippen LogP contribution in [0.5, 0.6) is 17.2 Å². The van der Waals surface area contributed by atoms with Gasteiger partial charge in [-0.3, -0.25) is 4.79 Å². The van der Waals surface area contributed by atoms with Gasteiger partial charge < -0.3 is 24.8 Å². The van der Waals surface area contributed by atoms with Gasteiger partial charge in [0.15, 0.2) is 17.3 Å². The van der Waals surface area contributed by atoms with Crippen LogP contribution in [-0.4, -0.2) is 22.2 Å². The highest BCUT2D eigenvalue weighted by Crippen LogP contribution is 2.30. The summed E-state index contributed by atoms with van der Waals surface area (Å²) in [6.07, 6.45) is -5.10. The first-order valence-corrected chi connectivity index (χ1v) is 9.04. The van der Waals surface area contributed by atoms with E-state index in [0.29, 0.717) is 16.8 Å². The molecule has 0 unspecified atom stereocenters. The Hall–Kier alpha value is -4.28. The normalized spacial score (nSPS) is 11.4. The van der Waals surface area contributed by atoms with Crippen molar-refractivity contribution in [2.75, 3.05) is 5.32 Å². The fraction of sp³-hybridized carbons (Fsp3) is 0.0476. The first-order chi connectivity index (χ1) is 15.2. The van der Waals surface area contributed by atoms with Gasteiger partial charge >= 0.3 is 12.1 Å². The third kappa shape index (κ3) is 4.56. The number of aromatic amines is 2. The molecular formula is C21H13F4N3O4. The summed E-state index contributed by atoms with van der Waals surface area (Å²) in [6, 6.07) is 13.9. The Kier molecular flexibility index (Phi) is 5.31. The van der Waals surface area contributed by atoms with E-state index in [1.165, 1.54) is 12.1 Å². The average Bonchev–Trinajstić information content (AvgIpc) is 3.10. The van der Waals surface area contributed by atoms with Gasteiger partial charge in [0.2, 0.25) is 0 Å². The predicted octanol–water partition coefficient (Wildman–Crippen LogP) is 4.94. The van der Waals surface area contributed by atoms with Gasteiger partial charge in [-0.2, -0.15) is 0 Å². The zero-order valence-electron chi connectivity index (χ0n) is 15.9. The molecule has 0 aliphatic rings. The van der Waals surface area contributed by atoms with Crippen molar-refractivity contribution in [3.63, 3.8) is 0 Å². The number of ether oxygens (including phenoxy) is 2. The number of anilines is 1. The fourth-order valence-electron chi connectivity index (χ4n) is 2.97. The van der Waals surface area contributed by atoms with E-state index in [-0.39, 0.29) is 11.4 Å². The summed E-state index contributed by atoms with van der Waals surface area (Å²) in [5.41, 5.74) is 0.135. The molecule has 1 aromatic heterocycles. The molecule has 0 aliphatic heterocycles. The lowest BCUT2D eigenvalue weighted by Crippen LogP contribution is -2.20. The summed E-state index contributed by atoms with van der Waals surface area (Å²) in [4.78, 5) is 29.1. The number of carbonyl (C=O) groups excluding carboxylic acids is 1. The minimum Gasteiger partial charge on any atom is -0.455 e. The summed E-state index contributed by atoms with van der Waals surface area (Å²) in [5, 5.41) is 2.40. The van der Waals surface area contributed by atoms with Crippen LogP contribution in [0.25, 0.3) is 11.0 Å². The molecule has 7 nitrogen and oxygen atoms in total. The van der Waals surface area contributed by atoms with E-state index < -0.39 is 35.1 Å². The van der Waals surface area contributed by atoms with Crippen molar-refractivity contribution in [2.45, 2.75) is 6.36 Å². The number of hydrogen-bond donors (Lipinski definition) is 3. The maximum atomic E-state index is 14.3. The zero-order valence-corrected chi connectivity index (χ0v) is 15.9. The molecule has 1 heterocycles. The maximum absolute atomic E-state index is 14.3. The minimum absolute atomic E-state index is 0.198. The number of halogens is 4. The smallest absolute Gasteiger partial charge is 0.455 e. The first-order valence-electron chi connectivity index (χ1n) is 9.04. The molecule has 32 heavy (non-hydrogen) atoms. The molecule has 0 saturated carbocycles. The van der Waals surface area contributed by atoms with Crippen molar-refractivity contribution in [3.05, 3.63) is 82.5 Å². The van der Waals surface area contributed by atoms with Crippen LogP contribution in [0.2, 0.25) is 0 Å². The molecule has 11 heteroatoms. The maximum Gasteiger partial charge on any atom is 0.573 e. The lowest BCUT2D eigenvalue weighted by Gasteiger charge is -2.12. The largest absolute Gasteiger partial charge is 0.573 e. The Morgan fingerprint density at radius 1 is 0.938 bits per heavy atom. The average molecular weight is 447 g/mol. The van der Waals surface area contributed by atoms with E-state index in [1.807, 2.05) is 0 Å².